The molecule has 4 rings (SSSR count). The zero-order valence-electron chi connectivity index (χ0n) is 18.5. The van der Waals surface area contributed by atoms with Gasteiger partial charge in [-0.3, -0.25) is 9.88 Å². The summed E-state index contributed by atoms with van der Waals surface area (Å²) in [5, 5.41) is 29.5. The lowest BCUT2D eigenvalue weighted by Gasteiger charge is -2.23. The first-order chi connectivity index (χ1) is 16.3. The molecule has 1 aliphatic rings. The Morgan fingerprint density at radius 1 is 1.24 bits per heavy atom. The molecular formula is C24H21N5O5. The number of aromatic nitrogens is 3. The van der Waals surface area contributed by atoms with Crippen LogP contribution in [-0.2, 0) is 17.9 Å². The maximum absolute atomic E-state index is 11.8. The Hall–Kier alpha value is -4.36. The van der Waals surface area contributed by atoms with Gasteiger partial charge in [0.25, 0.3) is 0 Å². The van der Waals surface area contributed by atoms with Crippen molar-refractivity contribution >= 4 is 12.1 Å². The van der Waals surface area contributed by atoms with Crippen LogP contribution in [0.3, 0.4) is 0 Å². The first-order valence-electron chi connectivity index (χ1n) is 10.4. The number of pyridine rings is 1. The number of esters is 1. The van der Waals surface area contributed by atoms with Crippen molar-refractivity contribution in [2.75, 3.05) is 6.54 Å². The van der Waals surface area contributed by atoms with Gasteiger partial charge in [-0.25, -0.2) is 19.6 Å². The summed E-state index contributed by atoms with van der Waals surface area (Å²) in [6, 6.07) is 7.02. The molecule has 172 valence electrons. The predicted molar refractivity (Wildman–Crippen MR) is 118 cm³/mol. The number of carbonyl (C=O) groups is 2. The third-order valence-electron chi connectivity index (χ3n) is 5.80. The standard InChI is InChI=1S/C24H21N5O5/c1-13-5-20(26-7-15(13)6-25)16-8-27-22(28-9-16)11-29(24(32)33)10-21(30)17-3-4-18-19(14(17)2)12-34-23(18)31/h3-5,7-9,21,30H,10-12H2,1-2H3,(H,32,33). The quantitative estimate of drug-likeness (QED) is 0.530. The van der Waals surface area contributed by atoms with E-state index in [2.05, 4.69) is 21.0 Å². The van der Waals surface area contributed by atoms with Gasteiger partial charge >= 0.3 is 12.1 Å². The summed E-state index contributed by atoms with van der Waals surface area (Å²) in [7, 11) is 0. The Morgan fingerprint density at radius 2 is 1.97 bits per heavy atom. The normalized spacial score (nSPS) is 13.1. The summed E-state index contributed by atoms with van der Waals surface area (Å²) in [5.74, 6) is -0.147. The van der Waals surface area contributed by atoms with Gasteiger partial charge in [0.1, 0.15) is 18.5 Å². The van der Waals surface area contributed by atoms with Crippen LogP contribution in [0.1, 0.15) is 50.1 Å². The van der Waals surface area contributed by atoms with Crippen LogP contribution >= 0.6 is 0 Å². The molecule has 0 saturated heterocycles. The van der Waals surface area contributed by atoms with Crippen molar-refractivity contribution in [3.63, 3.8) is 0 Å². The first kappa shape index (κ1) is 22.8. The highest BCUT2D eigenvalue weighted by atomic mass is 16.5. The zero-order chi connectivity index (χ0) is 24.4. The van der Waals surface area contributed by atoms with Gasteiger partial charge in [-0.1, -0.05) is 6.07 Å². The molecule has 0 spiro atoms. The zero-order valence-corrected chi connectivity index (χ0v) is 18.5. The Kier molecular flexibility index (Phi) is 6.21. The van der Waals surface area contributed by atoms with Gasteiger partial charge in [0, 0.05) is 29.7 Å². The first-order valence-corrected chi connectivity index (χ1v) is 10.4. The van der Waals surface area contributed by atoms with Crippen molar-refractivity contribution in [2.24, 2.45) is 0 Å². The van der Waals surface area contributed by atoms with E-state index in [0.29, 0.717) is 39.1 Å². The molecule has 0 fully saturated rings. The third-order valence-corrected chi connectivity index (χ3v) is 5.80. The second kappa shape index (κ2) is 9.25. The van der Waals surface area contributed by atoms with Gasteiger partial charge < -0.3 is 14.9 Å². The number of amides is 1. The monoisotopic (exact) mass is 459 g/mol. The lowest BCUT2D eigenvalue weighted by molar-refractivity contribution is 0.0534. The summed E-state index contributed by atoms with van der Waals surface area (Å²) in [6.07, 6.45) is 2.22. The lowest BCUT2D eigenvalue weighted by atomic mass is 9.95. The van der Waals surface area contributed by atoms with Crippen LogP contribution in [0, 0.1) is 25.2 Å². The Balaban J connectivity index is 1.49. The number of cyclic esters (lactones) is 1. The van der Waals surface area contributed by atoms with Crippen molar-refractivity contribution < 1.29 is 24.5 Å². The van der Waals surface area contributed by atoms with Gasteiger partial charge in [0.15, 0.2) is 0 Å². The SMILES string of the molecule is Cc1cc(-c2cnc(CN(CC(O)c3ccc4c(c3C)COC4=O)C(=O)O)nc2)ncc1C#N. The summed E-state index contributed by atoms with van der Waals surface area (Å²) < 4.78 is 5.04. The van der Waals surface area contributed by atoms with E-state index >= 15 is 0 Å². The number of benzene rings is 1. The molecule has 3 heterocycles. The third kappa shape index (κ3) is 4.42. The number of aliphatic hydroxyl groups is 1. The minimum Gasteiger partial charge on any atom is -0.465 e. The molecule has 0 aliphatic carbocycles. The fourth-order valence-electron chi connectivity index (χ4n) is 3.82. The summed E-state index contributed by atoms with van der Waals surface area (Å²) in [4.78, 5) is 37.3. The lowest BCUT2D eigenvalue weighted by Crippen LogP contribution is -2.34. The van der Waals surface area contributed by atoms with Crippen LogP contribution in [0.15, 0.2) is 36.8 Å². The average Bonchev–Trinajstić information content (AvgIpc) is 3.20. The minimum atomic E-state index is -1.23. The molecular weight excluding hydrogens is 438 g/mol. The van der Waals surface area contributed by atoms with E-state index in [9.17, 15) is 19.8 Å². The number of hydrogen-bond acceptors (Lipinski definition) is 8. The van der Waals surface area contributed by atoms with Gasteiger partial charge in [0.05, 0.1) is 36.0 Å². The van der Waals surface area contributed by atoms with E-state index in [4.69, 9.17) is 10.00 Å². The number of hydrogen-bond donors (Lipinski definition) is 2. The molecule has 1 atom stereocenters. The van der Waals surface area contributed by atoms with Crippen molar-refractivity contribution in [2.45, 2.75) is 33.1 Å². The van der Waals surface area contributed by atoms with Crippen LogP contribution in [0.4, 0.5) is 4.79 Å². The number of fused-ring (bicyclic) bond motifs is 1. The van der Waals surface area contributed by atoms with Crippen molar-refractivity contribution in [1.29, 1.82) is 5.26 Å². The number of carbonyl (C=O) groups excluding carboxylic acids is 1. The van der Waals surface area contributed by atoms with Crippen molar-refractivity contribution in [3.8, 4) is 17.3 Å². The second-order valence-electron chi connectivity index (χ2n) is 7.95. The Morgan fingerprint density at radius 3 is 2.62 bits per heavy atom. The number of aryl methyl sites for hydroxylation is 1. The van der Waals surface area contributed by atoms with Gasteiger partial charge in [0.2, 0.25) is 0 Å². The molecule has 1 unspecified atom stereocenters. The number of aliphatic hydroxyl groups excluding tert-OH is 1. The van der Waals surface area contributed by atoms with Gasteiger partial charge in [-0.2, -0.15) is 5.26 Å². The molecule has 1 aliphatic heterocycles. The summed E-state index contributed by atoms with van der Waals surface area (Å²) in [6.45, 7) is 3.38. The average molecular weight is 459 g/mol. The fourth-order valence-corrected chi connectivity index (χ4v) is 3.82. The molecule has 1 amide bonds. The van der Waals surface area contributed by atoms with E-state index in [-0.39, 0.29) is 25.5 Å². The maximum atomic E-state index is 11.8. The van der Waals surface area contributed by atoms with E-state index in [1.54, 1.807) is 25.1 Å². The number of ether oxygens (including phenoxy) is 1. The van der Waals surface area contributed by atoms with Crippen LogP contribution in [0.5, 0.6) is 0 Å². The molecule has 0 saturated carbocycles. The smallest absolute Gasteiger partial charge is 0.407 e. The Bertz CT molecular complexity index is 1320. The highest BCUT2D eigenvalue weighted by Gasteiger charge is 2.27. The molecule has 1 aromatic carbocycles. The van der Waals surface area contributed by atoms with Crippen LogP contribution in [0.2, 0.25) is 0 Å². The molecule has 2 aromatic heterocycles. The van der Waals surface area contributed by atoms with E-state index in [1.165, 1.54) is 18.6 Å². The molecule has 10 nitrogen and oxygen atoms in total. The largest absolute Gasteiger partial charge is 0.465 e. The van der Waals surface area contributed by atoms with Gasteiger partial charge in [-0.15, -0.1) is 0 Å². The summed E-state index contributed by atoms with van der Waals surface area (Å²) >= 11 is 0. The molecule has 0 radical (unpaired) electrons. The molecule has 0 bridgehead atoms. The molecule has 2 N–H and O–H groups in total. The molecule has 34 heavy (non-hydrogen) atoms. The van der Waals surface area contributed by atoms with E-state index in [1.807, 2.05) is 6.92 Å². The van der Waals surface area contributed by atoms with Gasteiger partial charge in [-0.05, 0) is 42.7 Å². The Labute approximate surface area is 195 Å². The topological polar surface area (TPSA) is 150 Å². The van der Waals surface area contributed by atoms with Crippen LogP contribution in [0.25, 0.3) is 11.3 Å². The van der Waals surface area contributed by atoms with Crippen LogP contribution < -0.4 is 0 Å². The number of nitriles is 1. The highest BCUT2D eigenvalue weighted by molar-refractivity contribution is 5.94. The molecule has 3 aromatic rings. The molecule has 10 heteroatoms. The fraction of sp³-hybridized carbons (Fsp3) is 0.250. The van der Waals surface area contributed by atoms with Crippen molar-refractivity contribution in [1.82, 2.24) is 19.9 Å². The highest BCUT2D eigenvalue weighted by Crippen LogP contribution is 2.29. The predicted octanol–water partition coefficient (Wildman–Crippen LogP) is 2.91. The number of rotatable bonds is 6. The maximum Gasteiger partial charge on any atom is 0.407 e. The van der Waals surface area contributed by atoms with Crippen LogP contribution in [-0.4, -0.2) is 48.7 Å². The van der Waals surface area contributed by atoms with Crippen molar-refractivity contribution in [3.05, 3.63) is 76.0 Å². The summed E-state index contributed by atoms with van der Waals surface area (Å²) in [5.41, 5.74) is 4.88. The second-order valence-corrected chi connectivity index (χ2v) is 7.95. The number of nitrogens with zero attached hydrogens (tertiary/aromatic N) is 5. The van der Waals surface area contributed by atoms with E-state index in [0.717, 1.165) is 10.5 Å². The number of carboxylic acid groups (broad SMARTS) is 1. The van der Waals surface area contributed by atoms with E-state index < -0.39 is 18.2 Å². The minimum absolute atomic E-state index is 0.127.